The first kappa shape index (κ1) is 13.1. The molecule has 0 unspecified atom stereocenters. The van der Waals surface area contributed by atoms with Crippen LogP contribution < -0.4 is 10.6 Å². The van der Waals surface area contributed by atoms with Crippen molar-refractivity contribution in [2.45, 2.75) is 26.8 Å². The second-order valence-electron chi connectivity index (χ2n) is 4.29. The van der Waals surface area contributed by atoms with Gasteiger partial charge in [0.25, 0.3) is 0 Å². The van der Waals surface area contributed by atoms with E-state index in [0.717, 1.165) is 27.8 Å². The van der Waals surface area contributed by atoms with Gasteiger partial charge in [0.05, 0.1) is 5.69 Å². The van der Waals surface area contributed by atoms with E-state index in [0.29, 0.717) is 6.54 Å². The van der Waals surface area contributed by atoms with Crippen molar-refractivity contribution in [3.8, 4) is 0 Å². The van der Waals surface area contributed by atoms with Crippen molar-refractivity contribution >= 4 is 22.2 Å². The molecule has 0 bridgehead atoms. The van der Waals surface area contributed by atoms with Gasteiger partial charge in [0.2, 0.25) is 0 Å². The van der Waals surface area contributed by atoms with Crippen LogP contribution in [0.15, 0.2) is 24.3 Å². The number of anilines is 2. The lowest BCUT2D eigenvalue weighted by atomic mass is 10.1. The lowest BCUT2D eigenvalue weighted by molar-refractivity contribution is 1.05. The maximum atomic E-state index is 5.69. The molecule has 0 saturated heterocycles. The molecule has 2 N–H and O–H groups in total. The van der Waals surface area contributed by atoms with Gasteiger partial charge >= 0.3 is 0 Å². The van der Waals surface area contributed by atoms with Gasteiger partial charge < -0.3 is 10.6 Å². The molecule has 0 aliphatic heterocycles. The van der Waals surface area contributed by atoms with Gasteiger partial charge in [-0.3, -0.25) is 0 Å². The fourth-order valence-corrected chi connectivity index (χ4v) is 2.73. The third-order valence-corrected chi connectivity index (χ3v) is 4.34. The minimum Gasteiger partial charge on any atom is -0.326 e. The number of benzene rings is 1. The molecular formula is C14H19N3S. The molecule has 0 saturated carbocycles. The normalized spacial score (nSPS) is 10.7. The lowest BCUT2D eigenvalue weighted by Gasteiger charge is -2.16. The van der Waals surface area contributed by atoms with E-state index >= 15 is 0 Å². The highest BCUT2D eigenvalue weighted by atomic mass is 32.1. The molecule has 4 heteroatoms. The number of hydrogen-bond acceptors (Lipinski definition) is 4. The van der Waals surface area contributed by atoms with E-state index in [1.165, 1.54) is 5.56 Å². The number of hydrogen-bond donors (Lipinski definition) is 1. The topological polar surface area (TPSA) is 42.2 Å². The summed E-state index contributed by atoms with van der Waals surface area (Å²) in [6, 6.07) is 8.60. The van der Waals surface area contributed by atoms with E-state index in [9.17, 15) is 0 Å². The standard InChI is InChI=1S/C14H19N3S/c1-4-11-5-7-12(8-6-11)17(3)14-16-10(2)13(9-15)18-14/h5-8H,4,9,15H2,1-3H3. The van der Waals surface area contributed by atoms with Crippen LogP contribution in [-0.2, 0) is 13.0 Å². The highest BCUT2D eigenvalue weighted by Crippen LogP contribution is 2.30. The van der Waals surface area contributed by atoms with Crippen molar-refractivity contribution in [1.82, 2.24) is 4.98 Å². The Hall–Kier alpha value is -1.39. The van der Waals surface area contributed by atoms with Crippen molar-refractivity contribution in [3.05, 3.63) is 40.4 Å². The van der Waals surface area contributed by atoms with E-state index in [2.05, 4.69) is 41.1 Å². The first-order valence-electron chi connectivity index (χ1n) is 6.14. The van der Waals surface area contributed by atoms with Crippen LogP contribution in [0.3, 0.4) is 0 Å². The van der Waals surface area contributed by atoms with Crippen LogP contribution in [0.1, 0.15) is 23.1 Å². The van der Waals surface area contributed by atoms with Crippen LogP contribution in [0.25, 0.3) is 0 Å². The maximum Gasteiger partial charge on any atom is 0.190 e. The third-order valence-electron chi connectivity index (χ3n) is 3.09. The summed E-state index contributed by atoms with van der Waals surface area (Å²) in [4.78, 5) is 7.83. The van der Waals surface area contributed by atoms with Gasteiger partial charge in [-0.05, 0) is 31.0 Å². The molecule has 96 valence electrons. The van der Waals surface area contributed by atoms with Crippen LogP contribution in [0.4, 0.5) is 10.8 Å². The van der Waals surface area contributed by atoms with Crippen molar-refractivity contribution in [3.63, 3.8) is 0 Å². The average molecular weight is 261 g/mol. The van der Waals surface area contributed by atoms with E-state index in [1.807, 2.05) is 14.0 Å². The monoisotopic (exact) mass is 261 g/mol. The maximum absolute atomic E-state index is 5.69. The Morgan fingerprint density at radius 1 is 1.28 bits per heavy atom. The van der Waals surface area contributed by atoms with Crippen LogP contribution in [0.5, 0.6) is 0 Å². The second kappa shape index (κ2) is 5.50. The fourth-order valence-electron chi connectivity index (χ4n) is 1.81. The van der Waals surface area contributed by atoms with Crippen molar-refractivity contribution in [2.24, 2.45) is 5.73 Å². The van der Waals surface area contributed by atoms with Gasteiger partial charge in [0.15, 0.2) is 5.13 Å². The van der Waals surface area contributed by atoms with Crippen LogP contribution in [0, 0.1) is 6.92 Å². The molecule has 0 atom stereocenters. The summed E-state index contributed by atoms with van der Waals surface area (Å²) in [6.45, 7) is 4.73. The molecule has 0 spiro atoms. The largest absolute Gasteiger partial charge is 0.326 e. The molecule has 0 amide bonds. The Labute approximate surface area is 112 Å². The SMILES string of the molecule is CCc1ccc(N(C)c2nc(C)c(CN)s2)cc1. The number of nitrogens with zero attached hydrogens (tertiary/aromatic N) is 2. The summed E-state index contributed by atoms with van der Waals surface area (Å²) < 4.78 is 0. The van der Waals surface area contributed by atoms with Gasteiger partial charge in [-0.15, -0.1) is 0 Å². The van der Waals surface area contributed by atoms with Crippen LogP contribution in [0.2, 0.25) is 0 Å². The van der Waals surface area contributed by atoms with Gasteiger partial charge in [-0.2, -0.15) is 0 Å². The molecule has 2 aromatic rings. The lowest BCUT2D eigenvalue weighted by Crippen LogP contribution is -2.08. The first-order chi connectivity index (χ1) is 8.65. The summed E-state index contributed by atoms with van der Waals surface area (Å²) in [6.07, 6.45) is 1.07. The Kier molecular flexibility index (Phi) is 3.99. The number of thiazole rings is 1. The molecule has 0 fully saturated rings. The molecule has 18 heavy (non-hydrogen) atoms. The van der Waals surface area contributed by atoms with Crippen molar-refractivity contribution in [1.29, 1.82) is 0 Å². The molecule has 2 rings (SSSR count). The number of aryl methyl sites for hydroxylation is 2. The summed E-state index contributed by atoms with van der Waals surface area (Å²) in [5.41, 5.74) is 9.24. The quantitative estimate of drug-likeness (QED) is 0.918. The zero-order valence-electron chi connectivity index (χ0n) is 11.1. The molecule has 0 aliphatic carbocycles. The summed E-state index contributed by atoms with van der Waals surface area (Å²) in [7, 11) is 2.04. The zero-order valence-corrected chi connectivity index (χ0v) is 11.9. The smallest absolute Gasteiger partial charge is 0.190 e. The number of aromatic nitrogens is 1. The Morgan fingerprint density at radius 2 is 1.94 bits per heavy atom. The summed E-state index contributed by atoms with van der Waals surface area (Å²) in [5.74, 6) is 0. The van der Waals surface area contributed by atoms with Gasteiger partial charge in [0, 0.05) is 24.2 Å². The first-order valence-corrected chi connectivity index (χ1v) is 6.96. The van der Waals surface area contributed by atoms with Crippen molar-refractivity contribution < 1.29 is 0 Å². The Bertz CT molecular complexity index is 516. The molecule has 0 aliphatic rings. The third kappa shape index (κ3) is 2.54. The highest BCUT2D eigenvalue weighted by molar-refractivity contribution is 7.15. The van der Waals surface area contributed by atoms with E-state index in [4.69, 9.17) is 5.73 Å². The second-order valence-corrected chi connectivity index (χ2v) is 5.35. The average Bonchev–Trinajstić information content (AvgIpc) is 2.79. The van der Waals surface area contributed by atoms with Crippen LogP contribution in [-0.4, -0.2) is 12.0 Å². The predicted octanol–water partition coefficient (Wildman–Crippen LogP) is 3.24. The van der Waals surface area contributed by atoms with Gasteiger partial charge in [-0.1, -0.05) is 30.4 Å². The van der Waals surface area contributed by atoms with E-state index < -0.39 is 0 Å². The molecule has 0 radical (unpaired) electrons. The summed E-state index contributed by atoms with van der Waals surface area (Å²) in [5, 5.41) is 0.997. The molecule has 1 aromatic heterocycles. The Morgan fingerprint density at radius 3 is 2.44 bits per heavy atom. The summed E-state index contributed by atoms with van der Waals surface area (Å²) >= 11 is 1.66. The van der Waals surface area contributed by atoms with Crippen molar-refractivity contribution in [2.75, 3.05) is 11.9 Å². The van der Waals surface area contributed by atoms with Gasteiger partial charge in [-0.25, -0.2) is 4.98 Å². The van der Waals surface area contributed by atoms with Gasteiger partial charge in [0.1, 0.15) is 0 Å². The minimum atomic E-state index is 0.562. The predicted molar refractivity (Wildman–Crippen MR) is 78.6 cm³/mol. The molecule has 1 aromatic carbocycles. The molecule has 1 heterocycles. The molecular weight excluding hydrogens is 242 g/mol. The van der Waals surface area contributed by atoms with Crippen LogP contribution >= 0.6 is 11.3 Å². The number of nitrogens with two attached hydrogens (primary N) is 1. The minimum absolute atomic E-state index is 0.562. The zero-order chi connectivity index (χ0) is 13.1. The van der Waals surface area contributed by atoms with E-state index in [-0.39, 0.29) is 0 Å². The van der Waals surface area contributed by atoms with E-state index in [1.54, 1.807) is 11.3 Å². The molecule has 3 nitrogen and oxygen atoms in total. The fraction of sp³-hybridized carbons (Fsp3) is 0.357. The Balaban J connectivity index is 2.25. The highest BCUT2D eigenvalue weighted by Gasteiger charge is 2.11. The number of rotatable bonds is 4.